The van der Waals surface area contributed by atoms with Gasteiger partial charge in [-0.05, 0) is 36.5 Å². The number of aromatic nitrogens is 1. The van der Waals surface area contributed by atoms with Gasteiger partial charge in [-0.3, -0.25) is 4.98 Å². The maximum Gasteiger partial charge on any atom is 0.131 e. The Kier molecular flexibility index (Phi) is 11.3. The number of pyridine rings is 1. The van der Waals surface area contributed by atoms with Crippen LogP contribution in [0.3, 0.4) is 0 Å². The number of para-hydroxylation sites is 1. The van der Waals surface area contributed by atoms with E-state index in [1.165, 1.54) is 83.7 Å². The van der Waals surface area contributed by atoms with Crippen LogP contribution in [0.2, 0.25) is 0 Å². The molecule has 0 saturated carbocycles. The van der Waals surface area contributed by atoms with Gasteiger partial charge in [-0.25, -0.2) is 0 Å². The highest BCUT2D eigenvalue weighted by atomic mass is 79.9. The Morgan fingerprint density at radius 3 is 2.43 bits per heavy atom. The Morgan fingerprint density at radius 1 is 1.03 bits per heavy atom. The molecule has 1 unspecified atom stereocenters. The number of piperidine rings is 3. The van der Waals surface area contributed by atoms with E-state index in [4.69, 9.17) is 0 Å². The van der Waals surface area contributed by atoms with E-state index in [1.54, 1.807) is 0 Å². The van der Waals surface area contributed by atoms with E-state index in [1.807, 2.05) is 12.3 Å². The fraction of sp³-hybridized carbons (Fsp3) is 0.645. The lowest BCUT2D eigenvalue weighted by molar-refractivity contribution is -0.973. The number of unbranched alkanes of at least 4 members (excludes halogenated alkanes) is 9. The average Bonchev–Trinajstić information content (AvgIpc) is 2.89. The molecule has 35 heavy (non-hydrogen) atoms. The molecule has 1 N–H and O–H groups in total. The van der Waals surface area contributed by atoms with Crippen molar-refractivity contribution in [3.63, 3.8) is 0 Å². The monoisotopic (exact) mass is 542 g/mol. The molecule has 1 aromatic carbocycles. The third-order valence-corrected chi connectivity index (χ3v) is 9.00. The number of fused-ring (bicyclic) bond motifs is 4. The first-order chi connectivity index (χ1) is 16.7. The van der Waals surface area contributed by atoms with Crippen molar-refractivity contribution in [1.82, 2.24) is 4.98 Å². The molecule has 3 aliphatic rings. The summed E-state index contributed by atoms with van der Waals surface area (Å²) in [5, 5.41) is 12.9. The van der Waals surface area contributed by atoms with Gasteiger partial charge in [0.1, 0.15) is 12.1 Å². The molecule has 0 spiro atoms. The lowest BCUT2D eigenvalue weighted by Gasteiger charge is -2.58. The molecule has 3 aliphatic heterocycles. The van der Waals surface area contributed by atoms with Crippen molar-refractivity contribution in [3.05, 3.63) is 54.7 Å². The van der Waals surface area contributed by atoms with Crippen molar-refractivity contribution in [2.75, 3.05) is 19.6 Å². The summed E-state index contributed by atoms with van der Waals surface area (Å²) in [6.07, 6.45) is 19.8. The number of halogens is 1. The van der Waals surface area contributed by atoms with E-state index in [0.29, 0.717) is 17.9 Å². The van der Waals surface area contributed by atoms with E-state index < -0.39 is 6.10 Å². The molecular weight excluding hydrogens is 496 g/mol. The van der Waals surface area contributed by atoms with Crippen molar-refractivity contribution in [1.29, 1.82) is 0 Å². The lowest BCUT2D eigenvalue weighted by atomic mass is 9.71. The van der Waals surface area contributed by atoms with Crippen LogP contribution in [-0.4, -0.2) is 40.2 Å². The SMILES string of the molecule is C=C[C@H]1C[N+]2(CCCCCCCCCCCC)CC[C@H]1C[C@@H]2[C@@H](O)c1ccnc2ccccc12.[Br-]. The van der Waals surface area contributed by atoms with Crippen LogP contribution in [0, 0.1) is 11.8 Å². The molecule has 3 fully saturated rings. The summed E-state index contributed by atoms with van der Waals surface area (Å²) in [5.41, 5.74) is 2.05. The Morgan fingerprint density at radius 2 is 1.71 bits per heavy atom. The molecule has 4 heterocycles. The third kappa shape index (κ3) is 6.76. The van der Waals surface area contributed by atoms with Crippen LogP contribution in [0.4, 0.5) is 0 Å². The molecular formula is C31H47BrN2O. The molecule has 3 nitrogen and oxygen atoms in total. The summed E-state index contributed by atoms with van der Waals surface area (Å²) >= 11 is 0. The van der Waals surface area contributed by atoms with Crippen LogP contribution < -0.4 is 17.0 Å². The first kappa shape index (κ1) is 28.3. The number of aliphatic hydroxyl groups excluding tert-OH is 1. The maximum atomic E-state index is 11.8. The predicted molar refractivity (Wildman–Crippen MR) is 144 cm³/mol. The standard InChI is InChI=1S/C31H47N2O.BrH/c1-3-5-6-7-8-9-10-11-12-15-21-33-22-19-26(25(4-2)24-33)23-30(33)31(34)28-18-20-32-29-17-14-13-16-27(28)29;/h4,13-14,16-18,20,25-26,30-31,34H,2-3,5-12,15,19,21-24H2,1H3;1H/q+1;/p-1/t25-,26-,30+,31-,33?;/m0./s1. The molecule has 5 rings (SSSR count). The molecule has 2 aromatic rings. The van der Waals surface area contributed by atoms with Gasteiger partial charge < -0.3 is 26.6 Å². The molecule has 2 bridgehead atoms. The van der Waals surface area contributed by atoms with E-state index in [2.05, 4.69) is 48.8 Å². The zero-order chi connectivity index (χ0) is 23.8. The number of nitrogens with zero attached hydrogens (tertiary/aromatic N) is 2. The van der Waals surface area contributed by atoms with Crippen LogP contribution in [0.15, 0.2) is 49.2 Å². The summed E-state index contributed by atoms with van der Waals surface area (Å²) in [5.74, 6) is 1.28. The quantitative estimate of drug-likeness (QED) is 0.215. The Hall–Kier alpha value is -1.23. The van der Waals surface area contributed by atoms with E-state index in [-0.39, 0.29) is 17.0 Å². The first-order valence-electron chi connectivity index (χ1n) is 14.2. The van der Waals surface area contributed by atoms with Gasteiger partial charge >= 0.3 is 0 Å². The Bertz CT molecular complexity index is 912. The lowest BCUT2D eigenvalue weighted by Crippen LogP contribution is -3.00. The van der Waals surface area contributed by atoms with Crippen molar-refractivity contribution < 1.29 is 26.6 Å². The van der Waals surface area contributed by atoms with Gasteiger partial charge in [0.15, 0.2) is 0 Å². The van der Waals surface area contributed by atoms with Gasteiger partial charge in [0.05, 0.1) is 25.2 Å². The number of aliphatic hydroxyl groups is 1. The summed E-state index contributed by atoms with van der Waals surface area (Å²) in [6.45, 7) is 10.1. The van der Waals surface area contributed by atoms with Crippen molar-refractivity contribution in [3.8, 4) is 0 Å². The molecule has 0 radical (unpaired) electrons. The molecule has 3 saturated heterocycles. The first-order valence-corrected chi connectivity index (χ1v) is 14.2. The number of rotatable bonds is 14. The molecule has 4 heteroatoms. The normalized spacial score (nSPS) is 26.4. The molecule has 0 aliphatic carbocycles. The van der Waals surface area contributed by atoms with Crippen LogP contribution in [-0.2, 0) is 0 Å². The van der Waals surface area contributed by atoms with Gasteiger partial charge in [0.25, 0.3) is 0 Å². The van der Waals surface area contributed by atoms with E-state index >= 15 is 0 Å². The highest BCUT2D eigenvalue weighted by molar-refractivity contribution is 5.82. The maximum absolute atomic E-state index is 11.8. The summed E-state index contributed by atoms with van der Waals surface area (Å²) < 4.78 is 1.09. The van der Waals surface area contributed by atoms with Crippen molar-refractivity contribution >= 4 is 10.9 Å². The van der Waals surface area contributed by atoms with Gasteiger partial charge in [-0.2, -0.15) is 0 Å². The zero-order valence-corrected chi connectivity index (χ0v) is 23.5. The third-order valence-electron chi connectivity index (χ3n) is 9.00. The average molecular weight is 544 g/mol. The molecule has 0 amide bonds. The number of benzene rings is 1. The molecule has 5 atom stereocenters. The van der Waals surface area contributed by atoms with Crippen molar-refractivity contribution in [2.24, 2.45) is 11.8 Å². The van der Waals surface area contributed by atoms with E-state index in [0.717, 1.165) is 33.9 Å². The van der Waals surface area contributed by atoms with Crippen LogP contribution in [0.1, 0.15) is 95.6 Å². The van der Waals surface area contributed by atoms with Gasteiger partial charge in [0.2, 0.25) is 0 Å². The Labute approximate surface area is 224 Å². The summed E-state index contributed by atoms with van der Waals surface area (Å²) in [7, 11) is 0. The predicted octanol–water partition coefficient (Wildman–Crippen LogP) is 4.60. The van der Waals surface area contributed by atoms with Gasteiger partial charge in [0, 0.05) is 30.3 Å². The van der Waals surface area contributed by atoms with Gasteiger partial charge in [-0.15, -0.1) is 6.58 Å². The number of hydrogen-bond donors (Lipinski definition) is 1. The fourth-order valence-electron chi connectivity index (χ4n) is 6.99. The number of hydrogen-bond acceptors (Lipinski definition) is 2. The Balaban J connectivity index is 0.00000342. The van der Waals surface area contributed by atoms with Crippen molar-refractivity contribution in [2.45, 2.75) is 96.1 Å². The summed E-state index contributed by atoms with van der Waals surface area (Å²) in [4.78, 5) is 4.54. The van der Waals surface area contributed by atoms with Gasteiger partial charge in [-0.1, -0.05) is 82.6 Å². The minimum Gasteiger partial charge on any atom is -1.00 e. The van der Waals surface area contributed by atoms with E-state index in [9.17, 15) is 5.11 Å². The summed E-state index contributed by atoms with van der Waals surface area (Å²) in [6, 6.07) is 10.6. The molecule has 1 aromatic heterocycles. The topological polar surface area (TPSA) is 33.1 Å². The smallest absolute Gasteiger partial charge is 0.131 e. The fourth-order valence-corrected chi connectivity index (χ4v) is 6.99. The van der Waals surface area contributed by atoms with Crippen LogP contribution in [0.5, 0.6) is 0 Å². The second-order valence-electron chi connectivity index (χ2n) is 11.1. The zero-order valence-electron chi connectivity index (χ0n) is 21.9. The highest BCUT2D eigenvalue weighted by Crippen LogP contribution is 2.47. The van der Waals surface area contributed by atoms with Crippen LogP contribution >= 0.6 is 0 Å². The van der Waals surface area contributed by atoms with Crippen LogP contribution in [0.25, 0.3) is 10.9 Å². The minimum absolute atomic E-state index is 0. The second-order valence-corrected chi connectivity index (χ2v) is 11.1. The second kappa shape index (κ2) is 13.9. The highest BCUT2D eigenvalue weighted by Gasteiger charge is 2.53. The minimum atomic E-state index is -0.426. The molecule has 194 valence electrons. The number of quaternary nitrogens is 1. The largest absolute Gasteiger partial charge is 1.00 e.